The van der Waals surface area contributed by atoms with Crippen LogP contribution in [-0.4, -0.2) is 26.8 Å². The first kappa shape index (κ1) is 24.4. The van der Waals surface area contributed by atoms with Gasteiger partial charge in [-0.3, -0.25) is 4.79 Å². The van der Waals surface area contributed by atoms with Crippen LogP contribution in [-0.2, 0) is 11.3 Å². The molecule has 184 valence electrons. The maximum Gasteiger partial charge on any atom is 0.342 e. The number of aromatic hydroxyl groups is 1. The number of aromatic nitrogens is 2. The maximum absolute atomic E-state index is 13.5. The Kier molecular flexibility index (Phi) is 7.48. The minimum absolute atomic E-state index is 0.00893. The number of hydrogen-bond donors (Lipinski definition) is 3. The summed E-state index contributed by atoms with van der Waals surface area (Å²) < 4.78 is 14.9. The molecule has 2 amide bonds. The third-order valence-corrected chi connectivity index (χ3v) is 6.19. The van der Waals surface area contributed by atoms with Gasteiger partial charge in [0.15, 0.2) is 0 Å². The van der Waals surface area contributed by atoms with Crippen LogP contribution >= 0.6 is 0 Å². The fraction of sp³-hybridized carbons (Fsp3) is 0.370. The summed E-state index contributed by atoms with van der Waals surface area (Å²) in [7, 11) is 0. The van der Waals surface area contributed by atoms with Crippen molar-refractivity contribution in [2.75, 3.05) is 5.32 Å². The smallest absolute Gasteiger partial charge is 0.342 e. The number of nitrogens with one attached hydrogen (secondary N) is 2. The zero-order chi connectivity index (χ0) is 24.9. The Morgan fingerprint density at radius 2 is 1.91 bits per heavy atom. The van der Waals surface area contributed by atoms with E-state index in [1.54, 1.807) is 24.3 Å². The number of halogens is 1. The number of phenols is 1. The summed E-state index contributed by atoms with van der Waals surface area (Å²) in [5.74, 6) is -0.0461. The first-order chi connectivity index (χ1) is 16.8. The highest BCUT2D eigenvalue weighted by atomic mass is 19.1. The summed E-state index contributed by atoms with van der Waals surface area (Å²) in [5.41, 5.74) is 2.86. The largest absolute Gasteiger partial charge is 0.507 e. The van der Waals surface area contributed by atoms with Crippen LogP contribution in [0.2, 0.25) is 0 Å². The van der Waals surface area contributed by atoms with Crippen molar-refractivity contribution in [3.05, 3.63) is 65.6 Å². The Bertz CT molecular complexity index is 1210. The lowest BCUT2D eigenvalue weighted by atomic mass is 10.0. The normalized spacial score (nSPS) is 13.8. The topological polar surface area (TPSA) is 96.2 Å². The molecular weight excluding hydrogens is 447 g/mol. The predicted octanol–water partition coefficient (Wildman–Crippen LogP) is 5.79. The number of amides is 2. The van der Waals surface area contributed by atoms with Gasteiger partial charge in [-0.1, -0.05) is 38.8 Å². The second kappa shape index (κ2) is 10.7. The molecule has 0 aliphatic heterocycles. The molecule has 2 aromatic carbocycles. The van der Waals surface area contributed by atoms with E-state index >= 15 is 0 Å². The van der Waals surface area contributed by atoms with Crippen LogP contribution in [0.5, 0.6) is 5.75 Å². The molecule has 0 saturated heterocycles. The van der Waals surface area contributed by atoms with Crippen molar-refractivity contribution in [1.29, 1.82) is 0 Å². The fourth-order valence-corrected chi connectivity index (χ4v) is 4.50. The van der Waals surface area contributed by atoms with Crippen LogP contribution in [0.25, 0.3) is 11.3 Å². The number of benzene rings is 2. The van der Waals surface area contributed by atoms with E-state index in [1.807, 2.05) is 19.9 Å². The molecule has 35 heavy (non-hydrogen) atoms. The molecule has 4 rings (SSSR count). The van der Waals surface area contributed by atoms with Gasteiger partial charge in [-0.05, 0) is 60.7 Å². The van der Waals surface area contributed by atoms with Crippen LogP contribution in [0.4, 0.5) is 14.9 Å². The van der Waals surface area contributed by atoms with Gasteiger partial charge in [0.05, 0.1) is 11.4 Å². The minimum atomic E-state index is -0.414. The maximum atomic E-state index is 13.5. The Labute approximate surface area is 204 Å². The molecule has 8 heteroatoms. The summed E-state index contributed by atoms with van der Waals surface area (Å²) in [4.78, 5) is 25.3. The van der Waals surface area contributed by atoms with E-state index in [9.17, 15) is 19.1 Å². The fourth-order valence-electron chi connectivity index (χ4n) is 4.50. The van der Waals surface area contributed by atoms with Crippen molar-refractivity contribution in [2.45, 2.75) is 58.4 Å². The Morgan fingerprint density at radius 3 is 2.63 bits per heavy atom. The molecule has 1 aromatic heterocycles. The number of hydrogen-bond acceptors (Lipinski definition) is 4. The molecule has 1 aliphatic carbocycles. The molecule has 7 nitrogen and oxygen atoms in total. The van der Waals surface area contributed by atoms with Crippen molar-refractivity contribution in [3.63, 3.8) is 0 Å². The highest BCUT2D eigenvalue weighted by Gasteiger charge is 2.26. The molecule has 0 unspecified atom stereocenters. The van der Waals surface area contributed by atoms with E-state index in [-0.39, 0.29) is 35.9 Å². The lowest BCUT2D eigenvalue weighted by Crippen LogP contribution is -2.30. The Morgan fingerprint density at radius 1 is 1.14 bits per heavy atom. The zero-order valence-electron chi connectivity index (χ0n) is 20.1. The van der Waals surface area contributed by atoms with Crippen LogP contribution in [0.15, 0.2) is 48.5 Å². The van der Waals surface area contributed by atoms with Gasteiger partial charge in [0, 0.05) is 30.1 Å². The lowest BCUT2D eigenvalue weighted by Gasteiger charge is -2.12. The van der Waals surface area contributed by atoms with Crippen LogP contribution in [0, 0.1) is 11.7 Å². The molecule has 1 aliphatic rings. The average molecular weight is 479 g/mol. The second-order valence-corrected chi connectivity index (χ2v) is 9.51. The van der Waals surface area contributed by atoms with Crippen molar-refractivity contribution < 1.29 is 19.1 Å². The highest BCUT2D eigenvalue weighted by Crippen LogP contribution is 2.38. The first-order valence-corrected chi connectivity index (χ1v) is 12.1. The monoisotopic (exact) mass is 478 g/mol. The van der Waals surface area contributed by atoms with E-state index in [0.29, 0.717) is 28.9 Å². The van der Waals surface area contributed by atoms with Gasteiger partial charge in [0.25, 0.3) is 0 Å². The Hall–Kier alpha value is -3.68. The molecule has 3 N–H and O–H groups in total. The van der Waals surface area contributed by atoms with E-state index in [0.717, 1.165) is 31.4 Å². The molecule has 1 saturated carbocycles. The van der Waals surface area contributed by atoms with Crippen molar-refractivity contribution in [2.24, 2.45) is 5.92 Å². The Balaban J connectivity index is 1.61. The molecule has 0 radical (unpaired) electrons. The van der Waals surface area contributed by atoms with Crippen molar-refractivity contribution >= 4 is 17.6 Å². The van der Waals surface area contributed by atoms with E-state index in [4.69, 9.17) is 0 Å². The van der Waals surface area contributed by atoms with E-state index in [2.05, 4.69) is 15.7 Å². The van der Waals surface area contributed by atoms with Crippen molar-refractivity contribution in [3.8, 4) is 17.0 Å². The molecule has 3 aromatic rings. The van der Waals surface area contributed by atoms with Crippen molar-refractivity contribution in [1.82, 2.24) is 15.1 Å². The SMILES string of the molecule is CC(C)CC(=O)Nc1ccc(O)c(-c2cc(C3CCCC3)n(C(=O)NCc3cccc(F)c3)n2)c1. The van der Waals surface area contributed by atoms with Gasteiger partial charge in [0.2, 0.25) is 5.91 Å². The summed E-state index contributed by atoms with van der Waals surface area (Å²) in [6.45, 7) is 4.11. The van der Waals surface area contributed by atoms with Gasteiger partial charge in [-0.2, -0.15) is 9.78 Å². The van der Waals surface area contributed by atoms with Gasteiger partial charge in [-0.25, -0.2) is 9.18 Å². The number of nitrogens with zero attached hydrogens (tertiary/aromatic N) is 2. The standard InChI is InChI=1S/C27H31FN4O3/c1-17(2)12-26(34)30-21-10-11-25(33)22(14-21)23-15-24(19-7-3-4-8-19)32(31-23)27(35)29-16-18-6-5-9-20(28)13-18/h5-6,9-11,13-15,17,19,33H,3-4,7-8,12,16H2,1-2H3,(H,29,35)(H,30,34). The number of phenolic OH excluding ortho intramolecular Hbond substituents is 1. The summed E-state index contributed by atoms with van der Waals surface area (Å²) in [6.07, 6.45) is 4.47. The van der Waals surface area contributed by atoms with Crippen LogP contribution < -0.4 is 10.6 Å². The second-order valence-electron chi connectivity index (χ2n) is 9.51. The van der Waals surface area contributed by atoms with Crippen LogP contribution in [0.3, 0.4) is 0 Å². The number of rotatable bonds is 7. The zero-order valence-corrected chi connectivity index (χ0v) is 20.1. The molecular formula is C27H31FN4O3. The number of carbonyl (C=O) groups excluding carboxylic acids is 2. The van der Waals surface area contributed by atoms with E-state index < -0.39 is 6.03 Å². The van der Waals surface area contributed by atoms with E-state index in [1.165, 1.54) is 22.9 Å². The van der Waals surface area contributed by atoms with Crippen LogP contribution in [0.1, 0.15) is 63.1 Å². The van der Waals surface area contributed by atoms with Gasteiger partial charge in [0.1, 0.15) is 11.6 Å². The number of anilines is 1. The summed E-state index contributed by atoms with van der Waals surface area (Å²) in [5, 5.41) is 20.8. The lowest BCUT2D eigenvalue weighted by molar-refractivity contribution is -0.116. The number of carbonyl (C=O) groups is 2. The quantitative estimate of drug-likeness (QED) is 0.374. The van der Waals surface area contributed by atoms with Gasteiger partial charge < -0.3 is 15.7 Å². The third kappa shape index (κ3) is 6.07. The molecule has 1 fully saturated rings. The molecule has 0 spiro atoms. The first-order valence-electron chi connectivity index (χ1n) is 12.1. The average Bonchev–Trinajstić information content (AvgIpc) is 3.48. The molecule has 0 atom stereocenters. The molecule has 0 bridgehead atoms. The minimum Gasteiger partial charge on any atom is -0.507 e. The highest BCUT2D eigenvalue weighted by molar-refractivity contribution is 5.92. The predicted molar refractivity (Wildman–Crippen MR) is 133 cm³/mol. The van der Waals surface area contributed by atoms with Gasteiger partial charge in [-0.15, -0.1) is 0 Å². The third-order valence-electron chi connectivity index (χ3n) is 6.19. The summed E-state index contributed by atoms with van der Waals surface area (Å²) in [6, 6.07) is 12.3. The molecule has 1 heterocycles. The van der Waals surface area contributed by atoms with Gasteiger partial charge >= 0.3 is 6.03 Å². The summed E-state index contributed by atoms with van der Waals surface area (Å²) >= 11 is 0.